The highest BCUT2D eigenvalue weighted by molar-refractivity contribution is 5.40. The molecule has 0 radical (unpaired) electrons. The van der Waals surface area contributed by atoms with Crippen molar-refractivity contribution in [3.05, 3.63) is 35.6 Å². The van der Waals surface area contributed by atoms with Crippen LogP contribution in [0.2, 0.25) is 0 Å². The molecule has 1 aliphatic carbocycles. The SMILES string of the molecule is FC1(F)COC2=CC=CCC=C21. The minimum atomic E-state index is -2.79. The molecular formula is C9H8F2O. The first-order chi connectivity index (χ1) is 5.70. The summed E-state index contributed by atoms with van der Waals surface area (Å²) < 4.78 is 30.8. The Bertz CT molecular complexity index is 287. The van der Waals surface area contributed by atoms with E-state index >= 15 is 0 Å². The summed E-state index contributed by atoms with van der Waals surface area (Å²) in [5, 5.41) is 0. The number of ether oxygens (including phenoxy) is 1. The van der Waals surface area contributed by atoms with Gasteiger partial charge in [-0.2, -0.15) is 8.78 Å². The lowest BCUT2D eigenvalue weighted by atomic mass is 10.1. The number of rotatable bonds is 0. The van der Waals surface area contributed by atoms with Gasteiger partial charge in [-0.1, -0.05) is 18.2 Å². The standard InChI is InChI=1S/C9H8F2O/c10-9(11)6-12-8-5-3-1-2-4-7(8)9/h1,3-5H,2,6H2. The molecule has 0 aromatic carbocycles. The molecule has 3 heteroatoms. The molecule has 0 atom stereocenters. The third-order valence-corrected chi connectivity index (χ3v) is 1.91. The van der Waals surface area contributed by atoms with Crippen LogP contribution in [-0.2, 0) is 4.74 Å². The molecule has 0 bridgehead atoms. The van der Waals surface area contributed by atoms with Gasteiger partial charge < -0.3 is 4.74 Å². The summed E-state index contributed by atoms with van der Waals surface area (Å²) in [6.45, 7) is -0.515. The molecule has 0 saturated carbocycles. The Labute approximate surface area is 69.0 Å². The normalized spacial score (nSPS) is 25.2. The first-order valence-electron chi connectivity index (χ1n) is 3.78. The highest BCUT2D eigenvalue weighted by atomic mass is 19.3. The highest BCUT2D eigenvalue weighted by Crippen LogP contribution is 2.38. The Morgan fingerprint density at radius 2 is 2.25 bits per heavy atom. The van der Waals surface area contributed by atoms with Gasteiger partial charge in [-0.15, -0.1) is 0 Å². The van der Waals surface area contributed by atoms with Crippen LogP contribution in [0.3, 0.4) is 0 Å². The van der Waals surface area contributed by atoms with Crippen molar-refractivity contribution in [1.82, 2.24) is 0 Å². The summed E-state index contributed by atoms with van der Waals surface area (Å²) in [6.07, 6.45) is 7.20. The second kappa shape index (κ2) is 2.44. The van der Waals surface area contributed by atoms with E-state index < -0.39 is 12.5 Å². The van der Waals surface area contributed by atoms with Gasteiger partial charge in [-0.3, -0.25) is 0 Å². The van der Waals surface area contributed by atoms with E-state index in [9.17, 15) is 8.78 Å². The molecule has 0 spiro atoms. The Morgan fingerprint density at radius 3 is 3.08 bits per heavy atom. The zero-order chi connectivity index (χ0) is 8.60. The fraction of sp³-hybridized carbons (Fsp3) is 0.333. The lowest BCUT2D eigenvalue weighted by Gasteiger charge is -2.05. The van der Waals surface area contributed by atoms with Crippen LogP contribution in [0.15, 0.2) is 35.6 Å². The fourth-order valence-corrected chi connectivity index (χ4v) is 1.31. The van der Waals surface area contributed by atoms with Gasteiger partial charge in [-0.05, 0) is 12.5 Å². The Kier molecular flexibility index (Phi) is 1.53. The molecule has 0 aromatic rings. The summed E-state index contributed by atoms with van der Waals surface area (Å²) in [5.74, 6) is -2.48. The van der Waals surface area contributed by atoms with Crippen molar-refractivity contribution < 1.29 is 13.5 Å². The summed E-state index contributed by atoms with van der Waals surface area (Å²) in [7, 11) is 0. The molecule has 0 unspecified atom stereocenters. The molecule has 0 aromatic heterocycles. The van der Waals surface area contributed by atoms with Crippen molar-refractivity contribution in [2.75, 3.05) is 6.61 Å². The second-order valence-corrected chi connectivity index (χ2v) is 2.81. The van der Waals surface area contributed by atoms with E-state index in [4.69, 9.17) is 4.74 Å². The number of halogens is 2. The summed E-state index contributed by atoms with van der Waals surface area (Å²) >= 11 is 0. The van der Waals surface area contributed by atoms with Crippen molar-refractivity contribution in [3.63, 3.8) is 0 Å². The van der Waals surface area contributed by atoms with Crippen molar-refractivity contribution in [3.8, 4) is 0 Å². The van der Waals surface area contributed by atoms with Crippen LogP contribution >= 0.6 is 0 Å². The molecule has 1 nitrogen and oxygen atoms in total. The monoisotopic (exact) mass is 170 g/mol. The number of hydrogen-bond acceptors (Lipinski definition) is 1. The van der Waals surface area contributed by atoms with Crippen LogP contribution in [0.1, 0.15) is 6.42 Å². The van der Waals surface area contributed by atoms with Crippen molar-refractivity contribution in [2.24, 2.45) is 0 Å². The second-order valence-electron chi connectivity index (χ2n) is 2.81. The molecule has 1 aliphatic heterocycles. The van der Waals surface area contributed by atoms with E-state index in [1.807, 2.05) is 6.08 Å². The summed E-state index contributed by atoms with van der Waals surface area (Å²) in [6, 6.07) is 0. The van der Waals surface area contributed by atoms with Crippen molar-refractivity contribution >= 4 is 0 Å². The predicted molar refractivity (Wildman–Crippen MR) is 40.8 cm³/mol. The van der Waals surface area contributed by atoms with Gasteiger partial charge in [0, 0.05) is 0 Å². The Morgan fingerprint density at radius 1 is 1.42 bits per heavy atom. The Hall–Kier alpha value is -1.12. The van der Waals surface area contributed by atoms with Crippen LogP contribution in [0.25, 0.3) is 0 Å². The molecule has 2 rings (SSSR count). The maximum atomic E-state index is 13.0. The average Bonchev–Trinajstić information content (AvgIpc) is 2.27. The lowest BCUT2D eigenvalue weighted by molar-refractivity contribution is 0.0167. The van der Waals surface area contributed by atoms with E-state index in [0.717, 1.165) is 0 Å². The van der Waals surface area contributed by atoms with Gasteiger partial charge in [0.15, 0.2) is 6.61 Å². The van der Waals surface area contributed by atoms with E-state index in [0.29, 0.717) is 12.2 Å². The molecule has 1 fully saturated rings. The third-order valence-electron chi connectivity index (χ3n) is 1.91. The Balaban J connectivity index is 2.41. The maximum absolute atomic E-state index is 13.0. The highest BCUT2D eigenvalue weighted by Gasteiger charge is 2.43. The van der Waals surface area contributed by atoms with Crippen LogP contribution < -0.4 is 0 Å². The van der Waals surface area contributed by atoms with Crippen LogP contribution in [-0.4, -0.2) is 12.5 Å². The summed E-state index contributed by atoms with van der Waals surface area (Å²) in [4.78, 5) is 0. The minimum Gasteiger partial charge on any atom is -0.486 e. The number of hydrogen-bond donors (Lipinski definition) is 0. The summed E-state index contributed by atoms with van der Waals surface area (Å²) in [5.41, 5.74) is 0.0347. The number of alkyl halides is 2. The van der Waals surface area contributed by atoms with Gasteiger partial charge in [0.05, 0.1) is 5.57 Å². The number of fused-ring (bicyclic) bond motifs is 1. The molecule has 12 heavy (non-hydrogen) atoms. The van der Waals surface area contributed by atoms with E-state index in [-0.39, 0.29) is 5.57 Å². The molecule has 0 amide bonds. The fourth-order valence-electron chi connectivity index (χ4n) is 1.31. The average molecular weight is 170 g/mol. The third kappa shape index (κ3) is 1.05. The molecule has 1 heterocycles. The molecule has 64 valence electrons. The van der Waals surface area contributed by atoms with Crippen LogP contribution in [0, 0.1) is 0 Å². The van der Waals surface area contributed by atoms with E-state index in [2.05, 4.69) is 0 Å². The van der Waals surface area contributed by atoms with Gasteiger partial charge >= 0.3 is 5.92 Å². The van der Waals surface area contributed by atoms with Crippen molar-refractivity contribution in [1.29, 1.82) is 0 Å². The van der Waals surface area contributed by atoms with Crippen LogP contribution in [0.4, 0.5) is 8.78 Å². The van der Waals surface area contributed by atoms with Gasteiger partial charge in [0.2, 0.25) is 0 Å². The quantitative estimate of drug-likeness (QED) is 0.542. The van der Waals surface area contributed by atoms with E-state index in [1.165, 1.54) is 6.08 Å². The van der Waals surface area contributed by atoms with Gasteiger partial charge in [-0.25, -0.2) is 0 Å². The van der Waals surface area contributed by atoms with Crippen LogP contribution in [0.5, 0.6) is 0 Å². The maximum Gasteiger partial charge on any atom is 0.309 e. The topological polar surface area (TPSA) is 9.23 Å². The van der Waals surface area contributed by atoms with Crippen molar-refractivity contribution in [2.45, 2.75) is 12.3 Å². The number of allylic oxidation sites excluding steroid dienone is 5. The smallest absolute Gasteiger partial charge is 0.309 e. The predicted octanol–water partition coefficient (Wildman–Crippen LogP) is 2.42. The van der Waals surface area contributed by atoms with Gasteiger partial charge in [0.25, 0.3) is 0 Å². The molecule has 1 saturated heterocycles. The zero-order valence-electron chi connectivity index (χ0n) is 6.39. The largest absolute Gasteiger partial charge is 0.486 e. The van der Waals surface area contributed by atoms with E-state index in [1.54, 1.807) is 12.2 Å². The zero-order valence-corrected chi connectivity index (χ0v) is 6.39. The van der Waals surface area contributed by atoms with Gasteiger partial charge in [0.1, 0.15) is 5.76 Å². The molecule has 2 aliphatic rings. The minimum absolute atomic E-state index is 0.0347. The first-order valence-corrected chi connectivity index (χ1v) is 3.78. The molecule has 0 N–H and O–H groups in total. The first kappa shape index (κ1) is 7.53. The molecular weight excluding hydrogens is 162 g/mol. The lowest BCUT2D eigenvalue weighted by Crippen LogP contribution is -2.17.